The van der Waals surface area contributed by atoms with Crippen molar-refractivity contribution >= 4 is 50.3 Å². The molecule has 40 heavy (non-hydrogen) atoms. The summed E-state index contributed by atoms with van der Waals surface area (Å²) in [5.41, 5.74) is 4.14. The van der Waals surface area contributed by atoms with E-state index < -0.39 is 51.5 Å². The number of β-lactam (4-membered cyclic amide) rings is 1. The summed E-state index contributed by atoms with van der Waals surface area (Å²) in [6, 6.07) is -2.71. The molecule has 3 fully saturated rings. The number of aromatic nitrogens is 4. The molecule has 2 aromatic rings. The lowest BCUT2D eigenvalue weighted by molar-refractivity contribution is -0.153. The fourth-order valence-corrected chi connectivity index (χ4v) is 5.53. The van der Waals surface area contributed by atoms with Gasteiger partial charge in [0.25, 0.3) is 11.8 Å². The van der Waals surface area contributed by atoms with Gasteiger partial charge in [0.15, 0.2) is 10.8 Å². The summed E-state index contributed by atoms with van der Waals surface area (Å²) in [6.45, 7) is 2.79. The minimum absolute atomic E-state index is 0.0419. The predicted molar refractivity (Wildman–Crippen MR) is 136 cm³/mol. The van der Waals surface area contributed by atoms with E-state index in [0.717, 1.165) is 35.8 Å². The fourth-order valence-electron chi connectivity index (χ4n) is 4.11. The van der Waals surface area contributed by atoms with Crippen molar-refractivity contribution in [3.63, 3.8) is 0 Å². The van der Waals surface area contributed by atoms with Crippen LogP contribution in [0, 0.1) is 5.92 Å². The van der Waals surface area contributed by atoms with E-state index in [4.69, 9.17) is 10.6 Å². The van der Waals surface area contributed by atoms with Crippen LogP contribution in [-0.2, 0) is 42.6 Å². The molecule has 2 aromatic heterocycles. The maximum Gasteiger partial charge on any atom is 0.362 e. The maximum atomic E-state index is 13.2. The van der Waals surface area contributed by atoms with Gasteiger partial charge in [-0.3, -0.25) is 14.1 Å². The summed E-state index contributed by atoms with van der Waals surface area (Å²) in [6.07, 6.45) is 1.83. The van der Waals surface area contributed by atoms with Crippen molar-refractivity contribution in [2.24, 2.45) is 11.1 Å². The average molecular weight is 599 g/mol. The molecule has 1 saturated carbocycles. The first-order valence-corrected chi connectivity index (χ1v) is 14.4. The third-order valence-corrected chi connectivity index (χ3v) is 8.25. The second kappa shape index (κ2) is 10.7. The van der Waals surface area contributed by atoms with Gasteiger partial charge in [-0.1, -0.05) is 5.16 Å². The quantitative estimate of drug-likeness (QED) is 0.0588. The Morgan fingerprint density at radius 1 is 1.35 bits per heavy atom. The van der Waals surface area contributed by atoms with Gasteiger partial charge in [-0.25, -0.2) is 14.1 Å². The summed E-state index contributed by atoms with van der Waals surface area (Å²) in [7, 11) is -4.97. The lowest BCUT2D eigenvalue weighted by atomic mass is 9.98. The molecule has 216 valence electrons. The molecular formula is C20H26N10O8S2. The normalized spacial score (nSPS) is 22.4. The maximum absolute atomic E-state index is 13.2. The van der Waals surface area contributed by atoms with Crippen LogP contribution in [-0.4, -0.2) is 103 Å². The van der Waals surface area contributed by atoms with Crippen molar-refractivity contribution in [3.8, 4) is 0 Å². The van der Waals surface area contributed by atoms with E-state index in [0.29, 0.717) is 18.2 Å². The summed E-state index contributed by atoms with van der Waals surface area (Å²) in [4.78, 5) is 47.6. The number of nitrogens with zero attached hydrogens (tertiary/aromatic N) is 6. The molecule has 2 atom stereocenters. The number of amides is 2. The number of oxime groups is 1. The Bertz CT molecular complexity index is 1450. The third kappa shape index (κ3) is 5.75. The van der Waals surface area contributed by atoms with Gasteiger partial charge in [-0.05, 0) is 5.92 Å². The molecule has 0 bridgehead atoms. The molecule has 1 unspecified atom stereocenters. The minimum atomic E-state index is -4.97. The van der Waals surface area contributed by atoms with Crippen LogP contribution < -0.4 is 21.7 Å². The zero-order chi connectivity index (χ0) is 28.7. The van der Waals surface area contributed by atoms with Gasteiger partial charge in [-0.2, -0.15) is 23.4 Å². The standard InChI is InChI=1S/C20H26N10O8S2/c21-19-25-12(9-39-19)14(28-38-20(1-2-20)18(33)34)16(31)26-15-13(30(17(15)32)40(35,36)37)8-29-24-7-11(27-29)6-23-5-10-3-22-4-10/h7,9-10,13,15,22-23H,1-6,8H2,(H2,21,25)(H,26,31)(H,33,34)(H,35,36,37)/b28-14-/t13-,15?/m0/s1. The summed E-state index contributed by atoms with van der Waals surface area (Å²) >= 11 is 0.983. The molecule has 18 nitrogen and oxygen atoms in total. The third-order valence-electron chi connectivity index (χ3n) is 6.63. The number of carboxylic acid groups (broad SMARTS) is 1. The molecule has 3 aliphatic rings. The van der Waals surface area contributed by atoms with Gasteiger partial charge < -0.3 is 31.6 Å². The molecular weight excluding hydrogens is 572 g/mol. The summed E-state index contributed by atoms with van der Waals surface area (Å²) < 4.78 is 33.6. The lowest BCUT2D eigenvalue weighted by Gasteiger charge is -2.43. The number of carboxylic acids is 1. The predicted octanol–water partition coefficient (Wildman–Crippen LogP) is -2.84. The largest absolute Gasteiger partial charge is 0.478 e. The van der Waals surface area contributed by atoms with Crippen molar-refractivity contribution < 1.29 is 37.3 Å². The lowest BCUT2D eigenvalue weighted by Crippen LogP contribution is -2.73. The van der Waals surface area contributed by atoms with E-state index in [2.05, 4.69) is 36.3 Å². The van der Waals surface area contributed by atoms with Crippen LogP contribution in [0.2, 0.25) is 0 Å². The van der Waals surface area contributed by atoms with Crippen molar-refractivity contribution in [2.75, 3.05) is 25.4 Å². The van der Waals surface area contributed by atoms with Crippen LogP contribution in [0.25, 0.3) is 0 Å². The van der Waals surface area contributed by atoms with Gasteiger partial charge >= 0.3 is 16.3 Å². The number of rotatable bonds is 13. The van der Waals surface area contributed by atoms with Crippen molar-refractivity contribution in [1.29, 1.82) is 0 Å². The number of carbonyl (C=O) groups is 3. The number of thiazole rings is 1. The van der Waals surface area contributed by atoms with Crippen molar-refractivity contribution in [3.05, 3.63) is 23.0 Å². The van der Waals surface area contributed by atoms with E-state index in [1.165, 1.54) is 11.6 Å². The summed E-state index contributed by atoms with van der Waals surface area (Å²) in [5, 5.41) is 31.7. The van der Waals surface area contributed by atoms with Gasteiger partial charge in [0.1, 0.15) is 17.8 Å². The Morgan fingerprint density at radius 3 is 2.67 bits per heavy atom. The number of nitrogens with one attached hydrogen (secondary N) is 3. The number of anilines is 1. The highest BCUT2D eigenvalue weighted by molar-refractivity contribution is 7.84. The van der Waals surface area contributed by atoms with Crippen LogP contribution in [0.1, 0.15) is 24.2 Å². The Hall–Kier alpha value is -3.72. The van der Waals surface area contributed by atoms with E-state index in [1.54, 1.807) is 0 Å². The molecule has 2 amide bonds. The zero-order valence-electron chi connectivity index (χ0n) is 20.8. The van der Waals surface area contributed by atoms with Crippen LogP contribution >= 0.6 is 11.3 Å². The summed E-state index contributed by atoms with van der Waals surface area (Å²) in [5.74, 6) is -2.84. The first kappa shape index (κ1) is 27.8. The number of aliphatic carboxylic acids is 1. The molecule has 0 aromatic carbocycles. The fraction of sp³-hybridized carbons (Fsp3) is 0.550. The molecule has 4 heterocycles. The molecule has 5 rings (SSSR count). The second-order valence-corrected chi connectivity index (χ2v) is 11.8. The highest BCUT2D eigenvalue weighted by Crippen LogP contribution is 2.40. The SMILES string of the molecule is Nc1nc(/C(=N/OC2(C(=O)O)CC2)C(=O)NC2C(=O)N(S(=O)(=O)O)[C@H]2Cn2ncc(CNCC3CNC3)n2)cs1. The topological polar surface area (TPSA) is 256 Å². The zero-order valence-corrected chi connectivity index (χ0v) is 22.4. The molecule has 20 heteroatoms. The molecule has 1 aliphatic carbocycles. The Kier molecular flexibility index (Phi) is 7.44. The van der Waals surface area contributed by atoms with E-state index in [1.807, 2.05) is 0 Å². The van der Waals surface area contributed by atoms with Crippen LogP contribution in [0.3, 0.4) is 0 Å². The first-order valence-electron chi connectivity index (χ1n) is 12.1. The Balaban J connectivity index is 1.30. The Morgan fingerprint density at radius 2 is 2.10 bits per heavy atom. The highest BCUT2D eigenvalue weighted by Gasteiger charge is 2.56. The molecule has 2 aliphatic heterocycles. The monoisotopic (exact) mass is 598 g/mol. The van der Waals surface area contributed by atoms with Gasteiger partial charge in [0.2, 0.25) is 5.60 Å². The number of hydrogen-bond donors (Lipinski definition) is 6. The Labute approximate surface area is 230 Å². The average Bonchev–Trinajstić information content (AvgIpc) is 3.32. The first-order chi connectivity index (χ1) is 19.0. The number of nitrogen functional groups attached to an aromatic ring is 1. The molecule has 2 saturated heterocycles. The molecule has 7 N–H and O–H groups in total. The van der Waals surface area contributed by atoms with E-state index >= 15 is 0 Å². The van der Waals surface area contributed by atoms with Crippen LogP contribution in [0.15, 0.2) is 16.7 Å². The van der Waals surface area contributed by atoms with Crippen molar-refractivity contribution in [2.45, 2.75) is 43.6 Å². The smallest absolute Gasteiger partial charge is 0.362 e. The van der Waals surface area contributed by atoms with Crippen molar-refractivity contribution in [1.82, 2.24) is 40.2 Å². The number of carbonyl (C=O) groups excluding carboxylic acids is 2. The molecule has 0 spiro atoms. The van der Waals surface area contributed by atoms with Gasteiger partial charge in [0.05, 0.1) is 18.4 Å². The minimum Gasteiger partial charge on any atom is -0.478 e. The second-order valence-electron chi connectivity index (χ2n) is 9.58. The number of hydrogen-bond acceptors (Lipinski definition) is 14. The van der Waals surface area contributed by atoms with Gasteiger partial charge in [-0.15, -0.1) is 11.3 Å². The van der Waals surface area contributed by atoms with Crippen LogP contribution in [0.5, 0.6) is 0 Å². The van der Waals surface area contributed by atoms with Crippen LogP contribution in [0.4, 0.5) is 5.13 Å². The molecule has 0 radical (unpaired) electrons. The van der Waals surface area contributed by atoms with Gasteiger partial charge in [0, 0.05) is 44.4 Å². The number of nitrogens with two attached hydrogens (primary N) is 1. The van der Waals surface area contributed by atoms with E-state index in [-0.39, 0.29) is 34.5 Å². The van der Waals surface area contributed by atoms with E-state index in [9.17, 15) is 32.5 Å². The highest BCUT2D eigenvalue weighted by atomic mass is 32.2.